The molecule has 2 aromatic rings. The van der Waals surface area contributed by atoms with Gasteiger partial charge in [0.05, 0.1) is 11.3 Å². The fraction of sp³-hybridized carbons (Fsp3) is 0.583. The Labute approximate surface area is 111 Å². The van der Waals surface area contributed by atoms with Crippen LogP contribution in [0.4, 0.5) is 5.95 Å². The summed E-state index contributed by atoms with van der Waals surface area (Å²) >= 11 is 0. The normalized spacial score (nSPS) is 19.4. The monoisotopic (exact) mass is 261 g/mol. The Morgan fingerprint density at radius 3 is 2.74 bits per heavy atom. The number of anilines is 1. The van der Waals surface area contributed by atoms with E-state index in [1.54, 1.807) is 0 Å². The number of aromatic amines is 1. The predicted molar refractivity (Wildman–Crippen MR) is 72.9 cm³/mol. The molecular weight excluding hydrogens is 242 g/mol. The summed E-state index contributed by atoms with van der Waals surface area (Å²) in [6.07, 6.45) is 0.995. The first-order valence-electron chi connectivity index (χ1n) is 6.49. The summed E-state index contributed by atoms with van der Waals surface area (Å²) in [5, 5.41) is 11.7. The van der Waals surface area contributed by atoms with Crippen LogP contribution < -0.4 is 10.6 Å². The highest BCUT2D eigenvalue weighted by atomic mass is 15.4. The number of H-pyrrole nitrogens is 1. The first kappa shape index (κ1) is 12.2. The molecule has 7 nitrogen and oxygen atoms in total. The molecule has 0 radical (unpaired) electrons. The van der Waals surface area contributed by atoms with E-state index in [9.17, 15) is 0 Å². The van der Waals surface area contributed by atoms with Crippen LogP contribution in [0.1, 0.15) is 17.8 Å². The second-order valence-corrected chi connectivity index (χ2v) is 5.15. The van der Waals surface area contributed by atoms with Crippen molar-refractivity contribution in [1.29, 1.82) is 0 Å². The maximum Gasteiger partial charge on any atom is 0.245 e. The maximum atomic E-state index is 5.91. The van der Waals surface area contributed by atoms with Gasteiger partial charge in [0, 0.05) is 31.9 Å². The minimum Gasteiger partial charge on any atom is -0.338 e. The summed E-state index contributed by atoms with van der Waals surface area (Å²) in [5.74, 6) is 1.50. The third-order valence-corrected chi connectivity index (χ3v) is 3.73. The summed E-state index contributed by atoms with van der Waals surface area (Å²) in [6.45, 7) is 5.76. The average Bonchev–Trinajstić information content (AvgIpc) is 3.02. The second-order valence-electron chi connectivity index (χ2n) is 5.15. The molecule has 3 rings (SSSR count). The lowest BCUT2D eigenvalue weighted by atomic mass is 10.2. The second kappa shape index (κ2) is 4.34. The summed E-state index contributed by atoms with van der Waals surface area (Å²) in [7, 11) is 1.93. The Morgan fingerprint density at radius 2 is 2.16 bits per heavy atom. The molecule has 0 aromatic carbocycles. The molecule has 1 saturated heterocycles. The van der Waals surface area contributed by atoms with E-state index in [4.69, 9.17) is 5.73 Å². The van der Waals surface area contributed by atoms with Crippen molar-refractivity contribution >= 4 is 5.95 Å². The van der Waals surface area contributed by atoms with Gasteiger partial charge in [-0.05, 0) is 20.3 Å². The SMILES string of the molecule is Cc1nn(C)c(C)c1-c1nc(N2CCC(N)C2)n[nH]1. The van der Waals surface area contributed by atoms with Gasteiger partial charge < -0.3 is 10.6 Å². The molecule has 3 heterocycles. The highest BCUT2D eigenvalue weighted by molar-refractivity contribution is 5.62. The van der Waals surface area contributed by atoms with Crippen molar-refractivity contribution < 1.29 is 0 Å². The number of aryl methyl sites for hydroxylation is 2. The molecule has 0 spiro atoms. The third kappa shape index (κ3) is 1.99. The summed E-state index contributed by atoms with van der Waals surface area (Å²) in [4.78, 5) is 6.70. The Hall–Kier alpha value is -1.89. The molecule has 2 aromatic heterocycles. The Bertz CT molecular complexity index is 597. The standard InChI is InChI=1S/C12H19N7/c1-7-10(8(2)18(3)17-7)11-14-12(16-15-11)19-5-4-9(13)6-19/h9H,4-6,13H2,1-3H3,(H,14,15,16). The van der Waals surface area contributed by atoms with Crippen LogP contribution in [-0.4, -0.2) is 44.1 Å². The van der Waals surface area contributed by atoms with E-state index < -0.39 is 0 Å². The van der Waals surface area contributed by atoms with E-state index in [2.05, 4.69) is 25.2 Å². The molecular formula is C12H19N7. The van der Waals surface area contributed by atoms with E-state index in [0.717, 1.165) is 48.2 Å². The molecule has 1 fully saturated rings. The summed E-state index contributed by atoms with van der Waals surface area (Å²) < 4.78 is 1.86. The van der Waals surface area contributed by atoms with Gasteiger partial charge in [0.15, 0.2) is 5.82 Å². The van der Waals surface area contributed by atoms with Crippen LogP contribution in [0.3, 0.4) is 0 Å². The maximum absolute atomic E-state index is 5.91. The van der Waals surface area contributed by atoms with Gasteiger partial charge in [-0.25, -0.2) is 0 Å². The number of hydrogen-bond donors (Lipinski definition) is 2. The molecule has 19 heavy (non-hydrogen) atoms. The predicted octanol–water partition coefficient (Wildman–Crippen LogP) is 0.359. The number of hydrogen-bond acceptors (Lipinski definition) is 5. The van der Waals surface area contributed by atoms with Gasteiger partial charge in [-0.1, -0.05) is 0 Å². The van der Waals surface area contributed by atoms with Gasteiger partial charge in [-0.2, -0.15) is 10.1 Å². The molecule has 7 heteroatoms. The van der Waals surface area contributed by atoms with Crippen LogP contribution >= 0.6 is 0 Å². The van der Waals surface area contributed by atoms with Crippen molar-refractivity contribution in [2.75, 3.05) is 18.0 Å². The summed E-state index contributed by atoms with van der Waals surface area (Å²) in [5.41, 5.74) is 8.98. The first-order chi connectivity index (χ1) is 9.06. The van der Waals surface area contributed by atoms with E-state index in [0.29, 0.717) is 0 Å². The van der Waals surface area contributed by atoms with Crippen molar-refractivity contribution in [2.24, 2.45) is 12.8 Å². The molecule has 0 amide bonds. The minimum atomic E-state index is 0.226. The number of aromatic nitrogens is 5. The van der Waals surface area contributed by atoms with Gasteiger partial charge in [0.1, 0.15) is 0 Å². The van der Waals surface area contributed by atoms with Crippen molar-refractivity contribution in [3.05, 3.63) is 11.4 Å². The molecule has 0 saturated carbocycles. The minimum absolute atomic E-state index is 0.226. The molecule has 3 N–H and O–H groups in total. The number of nitrogens with two attached hydrogens (primary N) is 1. The van der Waals surface area contributed by atoms with Gasteiger partial charge in [-0.15, -0.1) is 5.10 Å². The molecule has 1 atom stereocenters. The third-order valence-electron chi connectivity index (χ3n) is 3.73. The number of nitrogens with zero attached hydrogens (tertiary/aromatic N) is 5. The van der Waals surface area contributed by atoms with Crippen LogP contribution in [0, 0.1) is 13.8 Å². The molecule has 1 aliphatic heterocycles. The van der Waals surface area contributed by atoms with Gasteiger partial charge >= 0.3 is 0 Å². The molecule has 0 aliphatic carbocycles. The lowest BCUT2D eigenvalue weighted by Gasteiger charge is -2.11. The quantitative estimate of drug-likeness (QED) is 0.815. The lowest BCUT2D eigenvalue weighted by molar-refractivity contribution is 0.731. The topological polar surface area (TPSA) is 88.7 Å². The molecule has 102 valence electrons. The fourth-order valence-electron chi connectivity index (χ4n) is 2.59. The molecule has 0 bridgehead atoms. The van der Waals surface area contributed by atoms with Crippen LogP contribution in [0.5, 0.6) is 0 Å². The highest BCUT2D eigenvalue weighted by Crippen LogP contribution is 2.25. The van der Waals surface area contributed by atoms with Crippen LogP contribution in [0.15, 0.2) is 0 Å². The Morgan fingerprint density at radius 1 is 1.37 bits per heavy atom. The number of rotatable bonds is 2. The van der Waals surface area contributed by atoms with Crippen molar-refractivity contribution in [2.45, 2.75) is 26.3 Å². The van der Waals surface area contributed by atoms with E-state index in [1.807, 2.05) is 25.6 Å². The smallest absolute Gasteiger partial charge is 0.245 e. The average molecular weight is 261 g/mol. The zero-order valence-corrected chi connectivity index (χ0v) is 11.5. The zero-order chi connectivity index (χ0) is 13.6. The molecule has 1 aliphatic rings. The number of nitrogens with one attached hydrogen (secondary N) is 1. The largest absolute Gasteiger partial charge is 0.338 e. The van der Waals surface area contributed by atoms with Crippen LogP contribution in [0.25, 0.3) is 11.4 Å². The first-order valence-corrected chi connectivity index (χ1v) is 6.49. The van der Waals surface area contributed by atoms with E-state index >= 15 is 0 Å². The Kier molecular flexibility index (Phi) is 2.78. The van der Waals surface area contributed by atoms with Crippen molar-refractivity contribution in [3.63, 3.8) is 0 Å². The molecule has 1 unspecified atom stereocenters. The van der Waals surface area contributed by atoms with Gasteiger partial charge in [-0.3, -0.25) is 9.78 Å². The van der Waals surface area contributed by atoms with E-state index in [-0.39, 0.29) is 6.04 Å². The van der Waals surface area contributed by atoms with Gasteiger partial charge in [0.2, 0.25) is 5.95 Å². The van der Waals surface area contributed by atoms with E-state index in [1.165, 1.54) is 0 Å². The highest BCUT2D eigenvalue weighted by Gasteiger charge is 2.23. The Balaban J connectivity index is 1.93. The summed E-state index contributed by atoms with van der Waals surface area (Å²) in [6, 6.07) is 0.226. The van der Waals surface area contributed by atoms with Crippen molar-refractivity contribution in [1.82, 2.24) is 25.0 Å². The zero-order valence-electron chi connectivity index (χ0n) is 11.5. The van der Waals surface area contributed by atoms with Crippen LogP contribution in [0.2, 0.25) is 0 Å². The van der Waals surface area contributed by atoms with Crippen LogP contribution in [-0.2, 0) is 7.05 Å². The van der Waals surface area contributed by atoms with Gasteiger partial charge in [0.25, 0.3) is 0 Å². The fourth-order valence-corrected chi connectivity index (χ4v) is 2.59. The van der Waals surface area contributed by atoms with Crippen molar-refractivity contribution in [3.8, 4) is 11.4 Å². The lowest BCUT2D eigenvalue weighted by Crippen LogP contribution is -2.26.